The van der Waals surface area contributed by atoms with Gasteiger partial charge in [-0.25, -0.2) is 15.0 Å². The number of hydrogen-bond donors (Lipinski definition) is 0. The summed E-state index contributed by atoms with van der Waals surface area (Å²) < 4.78 is 2.37. The topological polar surface area (TPSA) is 43.6 Å². The Morgan fingerprint density at radius 3 is 1.39 bits per heavy atom. The standard InChI is InChI=1S/C55H36N4/c1-4-14-37(15-5-1)38-24-30-42(31-25-38)50-36-49(41-16-6-2-7-17-41)57-55(58-50)44-34-28-40(29-35-44)39-26-32-43(33-27-39)53-54-52(46-20-10-12-22-48(46)56-53)47-21-11-13-23-51(47)59(54)45-18-8-3-9-19-45/h1-36H. The Balaban J connectivity index is 0.966. The average molecular weight is 753 g/mol. The summed E-state index contributed by atoms with van der Waals surface area (Å²) in [5.41, 5.74) is 15.8. The molecule has 0 saturated carbocycles. The van der Waals surface area contributed by atoms with Crippen LogP contribution < -0.4 is 0 Å². The molecule has 0 saturated heterocycles. The Morgan fingerprint density at radius 1 is 0.322 bits per heavy atom. The number of hydrogen-bond acceptors (Lipinski definition) is 3. The number of pyridine rings is 1. The van der Waals surface area contributed by atoms with E-state index in [-0.39, 0.29) is 0 Å². The summed E-state index contributed by atoms with van der Waals surface area (Å²) in [5.74, 6) is 0.690. The number of fused-ring (bicyclic) bond motifs is 5. The second kappa shape index (κ2) is 14.5. The molecule has 0 radical (unpaired) electrons. The van der Waals surface area contributed by atoms with Gasteiger partial charge in [-0.15, -0.1) is 0 Å². The second-order valence-electron chi connectivity index (χ2n) is 14.8. The molecule has 3 aromatic heterocycles. The van der Waals surface area contributed by atoms with E-state index in [2.05, 4.69) is 199 Å². The molecule has 0 amide bonds. The smallest absolute Gasteiger partial charge is 0.160 e. The molecule has 3 heterocycles. The van der Waals surface area contributed by atoms with Crippen LogP contribution in [0.3, 0.4) is 0 Å². The van der Waals surface area contributed by atoms with Crippen molar-refractivity contribution in [2.24, 2.45) is 0 Å². The molecule has 0 aliphatic rings. The van der Waals surface area contributed by atoms with E-state index in [1.807, 2.05) is 24.3 Å². The summed E-state index contributed by atoms with van der Waals surface area (Å²) in [6, 6.07) is 76.6. The van der Waals surface area contributed by atoms with Gasteiger partial charge in [0.15, 0.2) is 5.82 Å². The van der Waals surface area contributed by atoms with Gasteiger partial charge in [-0.05, 0) is 52.6 Å². The maximum Gasteiger partial charge on any atom is 0.160 e. The van der Waals surface area contributed by atoms with Crippen molar-refractivity contribution in [3.05, 3.63) is 218 Å². The maximum absolute atomic E-state index is 5.34. The lowest BCUT2D eigenvalue weighted by atomic mass is 9.99. The van der Waals surface area contributed by atoms with Crippen LogP contribution in [-0.2, 0) is 0 Å². The van der Waals surface area contributed by atoms with Crippen LogP contribution in [0.25, 0.3) is 106 Å². The molecule has 276 valence electrons. The van der Waals surface area contributed by atoms with Crippen molar-refractivity contribution >= 4 is 32.7 Å². The van der Waals surface area contributed by atoms with E-state index in [4.69, 9.17) is 15.0 Å². The SMILES string of the molecule is c1ccc(-c2ccc(-c3cc(-c4ccccc4)nc(-c4ccc(-c5ccc(-c6nc7ccccc7c7c8ccccc8n(-c8ccccc8)c67)cc5)cc4)n3)cc2)cc1. The molecule has 4 heteroatoms. The van der Waals surface area contributed by atoms with Gasteiger partial charge in [-0.1, -0.05) is 188 Å². The fourth-order valence-electron chi connectivity index (χ4n) is 8.32. The van der Waals surface area contributed by atoms with Crippen molar-refractivity contribution in [3.8, 4) is 73.1 Å². The average Bonchev–Trinajstić information content (AvgIpc) is 3.68. The molecule has 0 aliphatic heterocycles. The number of aromatic nitrogens is 4. The fourth-order valence-corrected chi connectivity index (χ4v) is 8.32. The highest BCUT2D eigenvalue weighted by Crippen LogP contribution is 2.41. The molecule has 8 aromatic carbocycles. The Morgan fingerprint density at radius 2 is 0.763 bits per heavy atom. The second-order valence-corrected chi connectivity index (χ2v) is 14.8. The molecule has 11 aromatic rings. The molecule has 0 spiro atoms. The highest BCUT2D eigenvalue weighted by Gasteiger charge is 2.20. The number of nitrogens with zero attached hydrogens (tertiary/aromatic N) is 4. The third-order valence-electron chi connectivity index (χ3n) is 11.2. The van der Waals surface area contributed by atoms with Gasteiger partial charge in [0.25, 0.3) is 0 Å². The van der Waals surface area contributed by atoms with E-state index >= 15 is 0 Å². The first-order valence-corrected chi connectivity index (χ1v) is 19.9. The van der Waals surface area contributed by atoms with Crippen LogP contribution in [0, 0.1) is 0 Å². The zero-order valence-corrected chi connectivity index (χ0v) is 32.1. The minimum absolute atomic E-state index is 0.690. The molecule has 11 rings (SSSR count). The van der Waals surface area contributed by atoms with Crippen LogP contribution in [0.5, 0.6) is 0 Å². The van der Waals surface area contributed by atoms with Crippen LogP contribution in [0.2, 0.25) is 0 Å². The Bertz CT molecular complexity index is 3260. The van der Waals surface area contributed by atoms with Crippen molar-refractivity contribution in [1.82, 2.24) is 19.5 Å². The molecule has 0 atom stereocenters. The van der Waals surface area contributed by atoms with E-state index in [1.165, 1.54) is 21.9 Å². The summed E-state index contributed by atoms with van der Waals surface area (Å²) >= 11 is 0. The predicted molar refractivity (Wildman–Crippen MR) is 244 cm³/mol. The van der Waals surface area contributed by atoms with Crippen LogP contribution in [0.4, 0.5) is 0 Å². The minimum Gasteiger partial charge on any atom is -0.307 e. The first-order valence-electron chi connectivity index (χ1n) is 19.9. The van der Waals surface area contributed by atoms with Crippen molar-refractivity contribution in [3.63, 3.8) is 0 Å². The zero-order valence-electron chi connectivity index (χ0n) is 32.1. The van der Waals surface area contributed by atoms with Crippen LogP contribution >= 0.6 is 0 Å². The Kier molecular flexibility index (Phi) is 8.45. The van der Waals surface area contributed by atoms with Crippen molar-refractivity contribution < 1.29 is 0 Å². The quantitative estimate of drug-likeness (QED) is 0.163. The summed E-state index contributed by atoms with van der Waals surface area (Å²) in [7, 11) is 0. The Hall–Kier alpha value is -7.95. The largest absolute Gasteiger partial charge is 0.307 e. The molecular weight excluding hydrogens is 717 g/mol. The normalized spacial score (nSPS) is 11.4. The maximum atomic E-state index is 5.34. The van der Waals surface area contributed by atoms with Crippen LogP contribution in [0.15, 0.2) is 218 Å². The summed E-state index contributed by atoms with van der Waals surface area (Å²) in [6.45, 7) is 0. The van der Waals surface area contributed by atoms with E-state index in [0.717, 1.165) is 78.1 Å². The number of rotatable bonds is 7. The first-order chi connectivity index (χ1) is 29.2. The lowest BCUT2D eigenvalue weighted by molar-refractivity contribution is 1.17. The van der Waals surface area contributed by atoms with E-state index in [1.54, 1.807) is 0 Å². The van der Waals surface area contributed by atoms with Crippen molar-refractivity contribution in [2.75, 3.05) is 0 Å². The zero-order chi connectivity index (χ0) is 39.1. The minimum atomic E-state index is 0.690. The van der Waals surface area contributed by atoms with Crippen LogP contribution in [0.1, 0.15) is 0 Å². The number of para-hydroxylation sites is 3. The van der Waals surface area contributed by atoms with E-state index in [9.17, 15) is 0 Å². The van der Waals surface area contributed by atoms with Gasteiger partial charge in [0.05, 0.1) is 33.6 Å². The van der Waals surface area contributed by atoms with Gasteiger partial charge in [0.1, 0.15) is 0 Å². The van der Waals surface area contributed by atoms with Crippen molar-refractivity contribution in [2.45, 2.75) is 0 Å². The molecule has 0 N–H and O–H groups in total. The number of benzene rings is 8. The predicted octanol–water partition coefficient (Wildman–Crippen LogP) is 14.1. The third-order valence-corrected chi connectivity index (χ3v) is 11.2. The van der Waals surface area contributed by atoms with Gasteiger partial charge in [0, 0.05) is 44.1 Å². The van der Waals surface area contributed by atoms with Gasteiger partial charge >= 0.3 is 0 Å². The molecule has 0 fully saturated rings. The summed E-state index contributed by atoms with van der Waals surface area (Å²) in [5, 5.41) is 3.59. The van der Waals surface area contributed by atoms with Gasteiger partial charge in [-0.3, -0.25) is 0 Å². The lowest BCUT2D eigenvalue weighted by Crippen LogP contribution is -1.97. The molecule has 59 heavy (non-hydrogen) atoms. The molecular formula is C55H36N4. The van der Waals surface area contributed by atoms with Crippen molar-refractivity contribution in [1.29, 1.82) is 0 Å². The Labute approximate surface area is 342 Å². The lowest BCUT2D eigenvalue weighted by Gasteiger charge is -2.13. The molecule has 0 aliphatic carbocycles. The van der Waals surface area contributed by atoms with Crippen LogP contribution in [-0.4, -0.2) is 19.5 Å². The fraction of sp³-hybridized carbons (Fsp3) is 0. The monoisotopic (exact) mass is 752 g/mol. The highest BCUT2D eigenvalue weighted by atomic mass is 15.0. The van der Waals surface area contributed by atoms with E-state index < -0.39 is 0 Å². The van der Waals surface area contributed by atoms with E-state index in [0.29, 0.717) is 5.82 Å². The highest BCUT2D eigenvalue weighted by molar-refractivity contribution is 6.23. The van der Waals surface area contributed by atoms with Gasteiger partial charge < -0.3 is 4.57 Å². The summed E-state index contributed by atoms with van der Waals surface area (Å²) in [4.78, 5) is 15.5. The first kappa shape index (κ1) is 34.3. The summed E-state index contributed by atoms with van der Waals surface area (Å²) in [6.07, 6.45) is 0. The molecule has 4 nitrogen and oxygen atoms in total. The molecule has 0 unspecified atom stereocenters. The third kappa shape index (κ3) is 6.24. The molecule has 0 bridgehead atoms. The van der Waals surface area contributed by atoms with Gasteiger partial charge in [0.2, 0.25) is 0 Å². The van der Waals surface area contributed by atoms with Gasteiger partial charge in [-0.2, -0.15) is 0 Å².